The van der Waals surface area contributed by atoms with E-state index < -0.39 is 29.2 Å². The minimum atomic E-state index is -4.04. The second kappa shape index (κ2) is 5.80. The molecule has 1 heterocycles. The maximum absolute atomic E-state index is 11.9. The van der Waals surface area contributed by atoms with Gasteiger partial charge in [0, 0.05) is 6.54 Å². The highest BCUT2D eigenvalue weighted by Crippen LogP contribution is 2.23. The topological polar surface area (TPSA) is 110 Å². The van der Waals surface area contributed by atoms with Crippen LogP contribution in [0.3, 0.4) is 0 Å². The SMILES string of the molecule is CCN(c1cccc(S(N)(=O)=O)n1)S(=O)(=O)C(Cl)Cl. The average Bonchev–Trinajstić information content (AvgIpc) is 2.28. The third kappa shape index (κ3) is 3.69. The lowest BCUT2D eigenvalue weighted by atomic mass is 10.4. The molecule has 0 fully saturated rings. The molecule has 0 bridgehead atoms. The number of hydrogen-bond donors (Lipinski definition) is 1. The molecule has 19 heavy (non-hydrogen) atoms. The molecule has 1 rings (SSSR count). The molecule has 0 spiro atoms. The number of halogens is 2. The van der Waals surface area contributed by atoms with E-state index in [2.05, 4.69) is 4.98 Å². The first-order valence-electron chi connectivity index (χ1n) is 4.90. The zero-order valence-electron chi connectivity index (χ0n) is 9.69. The van der Waals surface area contributed by atoms with Gasteiger partial charge in [-0.25, -0.2) is 27.0 Å². The van der Waals surface area contributed by atoms with Gasteiger partial charge in [-0.05, 0) is 19.1 Å². The van der Waals surface area contributed by atoms with Gasteiger partial charge in [-0.1, -0.05) is 29.3 Å². The van der Waals surface area contributed by atoms with Crippen molar-refractivity contribution in [2.75, 3.05) is 10.8 Å². The number of aromatic nitrogens is 1. The molecule has 0 saturated heterocycles. The first-order valence-corrected chi connectivity index (χ1v) is 8.82. The minimum Gasteiger partial charge on any atom is -0.252 e. The van der Waals surface area contributed by atoms with Crippen LogP contribution in [-0.2, 0) is 20.0 Å². The Hall–Kier alpha value is -0.610. The zero-order chi connectivity index (χ0) is 14.8. The quantitative estimate of drug-likeness (QED) is 0.786. The van der Waals surface area contributed by atoms with Gasteiger partial charge < -0.3 is 0 Å². The lowest BCUT2D eigenvalue weighted by molar-refractivity contribution is 0.589. The average molecular weight is 348 g/mol. The Morgan fingerprint density at radius 3 is 2.32 bits per heavy atom. The fourth-order valence-electron chi connectivity index (χ4n) is 1.27. The lowest BCUT2D eigenvalue weighted by Crippen LogP contribution is -2.35. The molecule has 1 aromatic heterocycles. The first kappa shape index (κ1) is 16.4. The molecule has 0 unspecified atom stereocenters. The van der Waals surface area contributed by atoms with Gasteiger partial charge in [-0.3, -0.25) is 4.31 Å². The summed E-state index contributed by atoms with van der Waals surface area (Å²) >= 11 is 10.8. The molecule has 0 atom stereocenters. The number of anilines is 1. The maximum atomic E-state index is 11.9. The van der Waals surface area contributed by atoms with Crippen molar-refractivity contribution < 1.29 is 16.8 Å². The van der Waals surface area contributed by atoms with Crippen LogP contribution in [0.5, 0.6) is 0 Å². The molecule has 0 aromatic carbocycles. The number of alkyl halides is 2. The Bertz CT molecular complexity index is 660. The van der Waals surface area contributed by atoms with Crippen molar-refractivity contribution in [3.63, 3.8) is 0 Å². The molecule has 108 valence electrons. The van der Waals surface area contributed by atoms with Crippen LogP contribution in [0.4, 0.5) is 5.82 Å². The number of nitrogens with zero attached hydrogens (tertiary/aromatic N) is 2. The van der Waals surface area contributed by atoms with Gasteiger partial charge in [0.25, 0.3) is 20.0 Å². The van der Waals surface area contributed by atoms with Crippen LogP contribution in [-0.4, -0.2) is 32.5 Å². The van der Waals surface area contributed by atoms with E-state index in [1.54, 1.807) is 0 Å². The van der Waals surface area contributed by atoms with Gasteiger partial charge in [0.05, 0.1) is 0 Å². The van der Waals surface area contributed by atoms with Crippen LogP contribution < -0.4 is 9.44 Å². The Morgan fingerprint density at radius 2 is 1.89 bits per heavy atom. The van der Waals surface area contributed by atoms with Gasteiger partial charge >= 0.3 is 0 Å². The minimum absolute atomic E-state index is 0.0145. The Labute approximate surface area is 121 Å². The number of hydrogen-bond acceptors (Lipinski definition) is 5. The van der Waals surface area contributed by atoms with E-state index in [0.29, 0.717) is 0 Å². The molecule has 0 saturated carbocycles. The van der Waals surface area contributed by atoms with Crippen molar-refractivity contribution in [1.82, 2.24) is 4.98 Å². The van der Waals surface area contributed by atoms with Crippen molar-refractivity contribution in [2.24, 2.45) is 5.14 Å². The van der Waals surface area contributed by atoms with Crippen molar-refractivity contribution in [3.05, 3.63) is 18.2 Å². The molecular formula is C8H11Cl2N3O4S2. The third-order valence-electron chi connectivity index (χ3n) is 2.08. The number of pyridine rings is 1. The standard InChI is InChI=1S/C8H11Cl2N3O4S2/c1-2-13(19(16,17)8(9)10)6-4-3-5-7(12-6)18(11,14)15/h3-5,8H,2H2,1H3,(H2,11,14,15). The van der Waals surface area contributed by atoms with E-state index >= 15 is 0 Å². The molecule has 0 amide bonds. The number of sulfonamides is 2. The predicted octanol–water partition coefficient (Wildman–Crippen LogP) is 0.646. The van der Waals surface area contributed by atoms with E-state index in [-0.39, 0.29) is 12.4 Å². The van der Waals surface area contributed by atoms with Crippen molar-refractivity contribution in [3.8, 4) is 0 Å². The second-order valence-electron chi connectivity index (χ2n) is 3.35. The van der Waals surface area contributed by atoms with Gasteiger partial charge in [-0.15, -0.1) is 0 Å². The predicted molar refractivity (Wildman–Crippen MR) is 73.0 cm³/mol. The Morgan fingerprint density at radius 1 is 1.32 bits per heavy atom. The molecule has 11 heteroatoms. The van der Waals surface area contributed by atoms with Crippen LogP contribution in [0.2, 0.25) is 0 Å². The molecule has 0 aliphatic carbocycles. The molecule has 0 radical (unpaired) electrons. The Balaban J connectivity index is 3.37. The van der Waals surface area contributed by atoms with Gasteiger partial charge in [0.1, 0.15) is 5.82 Å². The lowest BCUT2D eigenvalue weighted by Gasteiger charge is -2.22. The summed E-state index contributed by atoms with van der Waals surface area (Å²) in [4.78, 5) is 3.68. The van der Waals surface area contributed by atoms with Gasteiger partial charge in [-0.2, -0.15) is 0 Å². The highest BCUT2D eigenvalue weighted by Gasteiger charge is 2.29. The van der Waals surface area contributed by atoms with E-state index in [9.17, 15) is 16.8 Å². The maximum Gasteiger partial charge on any atom is 0.267 e. The normalized spacial score (nSPS) is 12.7. The smallest absolute Gasteiger partial charge is 0.252 e. The monoisotopic (exact) mass is 347 g/mol. The number of rotatable bonds is 5. The summed E-state index contributed by atoms with van der Waals surface area (Å²) in [7, 11) is -8.07. The summed E-state index contributed by atoms with van der Waals surface area (Å²) in [5.74, 6) is -0.125. The molecule has 7 nitrogen and oxygen atoms in total. The fourth-order valence-corrected chi connectivity index (χ4v) is 3.25. The van der Waals surface area contributed by atoms with Crippen molar-refractivity contribution in [1.29, 1.82) is 0 Å². The highest BCUT2D eigenvalue weighted by molar-refractivity contribution is 7.95. The second-order valence-corrected chi connectivity index (χ2v) is 8.41. The Kier molecular flexibility index (Phi) is 5.02. The van der Waals surface area contributed by atoms with Crippen LogP contribution in [0, 0.1) is 0 Å². The largest absolute Gasteiger partial charge is 0.267 e. The summed E-state index contributed by atoms with van der Waals surface area (Å²) in [5, 5.41) is 4.48. The van der Waals surface area contributed by atoms with E-state index in [4.69, 9.17) is 28.3 Å². The summed E-state index contributed by atoms with van der Waals surface area (Å²) in [6.45, 7) is 1.51. The summed E-state index contributed by atoms with van der Waals surface area (Å²) in [5.41, 5.74) is 0. The van der Waals surface area contributed by atoms with E-state index in [1.165, 1.54) is 19.1 Å². The molecule has 0 aliphatic heterocycles. The summed E-state index contributed by atoms with van der Waals surface area (Å²) in [6, 6.07) is 3.78. The summed E-state index contributed by atoms with van der Waals surface area (Å²) in [6.07, 6.45) is 0. The van der Waals surface area contributed by atoms with Gasteiger partial charge in [0.15, 0.2) is 5.03 Å². The van der Waals surface area contributed by atoms with Crippen LogP contribution >= 0.6 is 23.2 Å². The van der Waals surface area contributed by atoms with Crippen molar-refractivity contribution >= 4 is 49.1 Å². The van der Waals surface area contributed by atoms with Crippen LogP contribution in [0.1, 0.15) is 6.92 Å². The summed E-state index contributed by atoms with van der Waals surface area (Å²) < 4.78 is 45.2. The molecule has 0 aliphatic rings. The van der Waals surface area contributed by atoms with Crippen LogP contribution in [0.15, 0.2) is 23.2 Å². The zero-order valence-corrected chi connectivity index (χ0v) is 12.8. The molecule has 1 aromatic rings. The molecule has 2 N–H and O–H groups in total. The highest BCUT2D eigenvalue weighted by atomic mass is 35.5. The molecular weight excluding hydrogens is 337 g/mol. The number of primary sulfonamides is 1. The number of nitrogens with two attached hydrogens (primary N) is 1. The van der Waals surface area contributed by atoms with E-state index in [0.717, 1.165) is 10.4 Å². The van der Waals surface area contributed by atoms with Crippen molar-refractivity contribution in [2.45, 2.75) is 16.1 Å². The fraction of sp³-hybridized carbons (Fsp3) is 0.375. The first-order chi connectivity index (χ1) is 8.60. The van der Waals surface area contributed by atoms with Crippen LogP contribution in [0.25, 0.3) is 0 Å². The third-order valence-corrected chi connectivity index (χ3v) is 5.75. The van der Waals surface area contributed by atoms with Gasteiger partial charge in [0.2, 0.25) is 4.17 Å². The van der Waals surface area contributed by atoms with E-state index in [1.807, 2.05) is 0 Å².